The van der Waals surface area contributed by atoms with Crippen LogP contribution in [-0.2, 0) is 4.79 Å². The maximum atomic E-state index is 12.0. The lowest BCUT2D eigenvalue weighted by Gasteiger charge is -2.28. The van der Waals surface area contributed by atoms with Crippen LogP contribution in [0.1, 0.15) is 0 Å². The Kier molecular flexibility index (Phi) is 3.66. The van der Waals surface area contributed by atoms with E-state index in [1.54, 1.807) is 19.2 Å². The number of carbonyl (C=O) groups excluding carboxylic acids is 1. The van der Waals surface area contributed by atoms with Gasteiger partial charge in [0.05, 0.1) is 11.5 Å². The van der Waals surface area contributed by atoms with Crippen molar-refractivity contribution in [1.82, 2.24) is 4.90 Å². The summed E-state index contributed by atoms with van der Waals surface area (Å²) in [5, 5.41) is 0. The summed E-state index contributed by atoms with van der Waals surface area (Å²) in [5.74, 6) is 1.03. The highest BCUT2D eigenvalue weighted by Gasteiger charge is 2.29. The number of hydrogen-bond donors (Lipinski definition) is 1. The van der Waals surface area contributed by atoms with Crippen molar-refractivity contribution < 1.29 is 14.3 Å². The van der Waals surface area contributed by atoms with Crippen LogP contribution in [0, 0.1) is 0 Å². The lowest BCUT2D eigenvalue weighted by molar-refractivity contribution is -0.139. The Labute approximate surface area is 110 Å². The summed E-state index contributed by atoms with van der Waals surface area (Å²) in [6.07, 6.45) is -0.653. The maximum Gasteiger partial charge on any atom is 0.267 e. The molecule has 0 aliphatic carbocycles. The third-order valence-electron chi connectivity index (χ3n) is 2.55. The largest absolute Gasteiger partial charge is 0.485 e. The zero-order valence-electron chi connectivity index (χ0n) is 9.96. The van der Waals surface area contributed by atoms with Crippen LogP contribution in [0.3, 0.4) is 0 Å². The van der Waals surface area contributed by atoms with E-state index in [1.165, 1.54) is 4.90 Å². The first-order chi connectivity index (χ1) is 8.58. The van der Waals surface area contributed by atoms with Gasteiger partial charge in [-0.15, -0.1) is 0 Å². The fourth-order valence-corrected chi connectivity index (χ4v) is 1.89. The van der Waals surface area contributed by atoms with Gasteiger partial charge in [0, 0.05) is 7.05 Å². The Morgan fingerprint density at radius 1 is 1.50 bits per heavy atom. The van der Waals surface area contributed by atoms with Crippen LogP contribution < -0.4 is 15.2 Å². The monoisotopic (exact) mass is 266 g/mol. The summed E-state index contributed by atoms with van der Waals surface area (Å²) in [6.45, 7) is 0.424. The number of nitrogens with two attached hydrogens (primary N) is 1. The molecular weight excluding hydrogens is 252 g/mol. The molecule has 1 aliphatic heterocycles. The molecule has 0 fully saturated rings. The molecule has 0 saturated heterocycles. The molecule has 1 heterocycles. The van der Waals surface area contributed by atoms with Gasteiger partial charge in [-0.1, -0.05) is 24.4 Å². The zero-order chi connectivity index (χ0) is 13.1. The number of carbonyl (C=O) groups is 1. The number of fused-ring (bicyclic) bond motifs is 1. The number of rotatable bonds is 3. The molecule has 1 aliphatic rings. The minimum absolute atomic E-state index is 0.192. The highest BCUT2D eigenvalue weighted by Crippen LogP contribution is 2.31. The Morgan fingerprint density at radius 2 is 2.17 bits per heavy atom. The molecule has 1 aromatic rings. The maximum absolute atomic E-state index is 12.0. The van der Waals surface area contributed by atoms with E-state index in [1.807, 2.05) is 12.1 Å². The average Bonchev–Trinajstić information content (AvgIpc) is 2.36. The predicted molar refractivity (Wildman–Crippen MR) is 70.8 cm³/mol. The lowest BCUT2D eigenvalue weighted by Crippen LogP contribution is -2.46. The number of benzene rings is 1. The third-order valence-corrected chi connectivity index (χ3v) is 2.68. The predicted octanol–water partition coefficient (Wildman–Crippen LogP) is 0.571. The van der Waals surface area contributed by atoms with Crippen LogP contribution in [-0.4, -0.2) is 42.1 Å². The van der Waals surface area contributed by atoms with Crippen molar-refractivity contribution >= 4 is 23.1 Å². The van der Waals surface area contributed by atoms with E-state index in [2.05, 4.69) is 0 Å². The van der Waals surface area contributed by atoms with Crippen LogP contribution in [0.15, 0.2) is 24.3 Å². The first kappa shape index (κ1) is 12.6. The number of hydrogen-bond acceptors (Lipinski definition) is 4. The average molecular weight is 266 g/mol. The number of amides is 1. The molecule has 0 radical (unpaired) electrons. The second-order valence-corrected chi connectivity index (χ2v) is 4.55. The summed E-state index contributed by atoms with van der Waals surface area (Å²) in [7, 11) is 1.63. The fourth-order valence-electron chi connectivity index (χ4n) is 1.70. The van der Waals surface area contributed by atoms with Crippen LogP contribution in [0.4, 0.5) is 0 Å². The van der Waals surface area contributed by atoms with E-state index in [0.29, 0.717) is 11.5 Å². The molecule has 18 heavy (non-hydrogen) atoms. The van der Waals surface area contributed by atoms with Crippen molar-refractivity contribution in [2.24, 2.45) is 5.73 Å². The van der Waals surface area contributed by atoms with E-state index in [-0.39, 0.29) is 24.0 Å². The number of likely N-dealkylation sites (N-methyl/N-ethyl adjacent to an activating group) is 1. The Balaban J connectivity index is 2.04. The standard InChI is InChI=1S/C12H14N2O3S/c1-14(6-11(13)18)12(15)10-7-16-8-4-2-3-5-9(8)17-10/h2-5,10H,6-7H2,1H3,(H2,13,18). The molecule has 0 saturated carbocycles. The Hall–Kier alpha value is -1.82. The summed E-state index contributed by atoms with van der Waals surface area (Å²) in [5.41, 5.74) is 5.40. The topological polar surface area (TPSA) is 64.8 Å². The highest BCUT2D eigenvalue weighted by atomic mass is 32.1. The number of para-hydroxylation sites is 2. The summed E-state index contributed by atoms with van der Waals surface area (Å²) in [4.78, 5) is 13.8. The molecule has 1 aromatic carbocycles. The van der Waals surface area contributed by atoms with Crippen molar-refractivity contribution in [2.45, 2.75) is 6.10 Å². The van der Waals surface area contributed by atoms with Gasteiger partial charge in [-0.2, -0.15) is 0 Å². The number of ether oxygens (including phenoxy) is 2. The minimum Gasteiger partial charge on any atom is -0.485 e. The van der Waals surface area contributed by atoms with Gasteiger partial charge in [0.15, 0.2) is 11.5 Å². The quantitative estimate of drug-likeness (QED) is 0.810. The minimum atomic E-state index is -0.653. The summed E-state index contributed by atoms with van der Waals surface area (Å²) in [6, 6.07) is 7.24. The van der Waals surface area contributed by atoms with Crippen LogP contribution in [0.5, 0.6) is 11.5 Å². The molecule has 6 heteroatoms. The molecule has 5 nitrogen and oxygen atoms in total. The second-order valence-electron chi connectivity index (χ2n) is 4.02. The highest BCUT2D eigenvalue weighted by molar-refractivity contribution is 7.80. The molecule has 0 bridgehead atoms. The summed E-state index contributed by atoms with van der Waals surface area (Å²) >= 11 is 4.77. The molecular formula is C12H14N2O3S. The van der Waals surface area contributed by atoms with Crippen LogP contribution in [0.25, 0.3) is 0 Å². The van der Waals surface area contributed by atoms with Gasteiger partial charge in [-0.3, -0.25) is 4.79 Å². The van der Waals surface area contributed by atoms with Gasteiger partial charge in [0.2, 0.25) is 6.10 Å². The van der Waals surface area contributed by atoms with Crippen LogP contribution in [0.2, 0.25) is 0 Å². The van der Waals surface area contributed by atoms with Crippen molar-refractivity contribution in [1.29, 1.82) is 0 Å². The first-order valence-electron chi connectivity index (χ1n) is 5.49. The first-order valence-corrected chi connectivity index (χ1v) is 5.90. The molecule has 2 N–H and O–H groups in total. The van der Waals surface area contributed by atoms with Crippen molar-refractivity contribution in [3.63, 3.8) is 0 Å². The number of nitrogens with zero attached hydrogens (tertiary/aromatic N) is 1. The van der Waals surface area contributed by atoms with Gasteiger partial charge in [-0.25, -0.2) is 0 Å². The molecule has 1 atom stereocenters. The SMILES string of the molecule is CN(CC(N)=S)C(=O)C1COc2ccccc2O1. The Bertz CT molecular complexity index is 478. The van der Waals surface area contributed by atoms with Crippen molar-refractivity contribution in [3.05, 3.63) is 24.3 Å². The molecule has 0 aromatic heterocycles. The van der Waals surface area contributed by atoms with E-state index in [9.17, 15) is 4.79 Å². The van der Waals surface area contributed by atoms with E-state index >= 15 is 0 Å². The van der Waals surface area contributed by atoms with Crippen molar-refractivity contribution in [2.75, 3.05) is 20.2 Å². The Morgan fingerprint density at radius 3 is 2.83 bits per heavy atom. The summed E-state index contributed by atoms with van der Waals surface area (Å²) < 4.78 is 11.1. The smallest absolute Gasteiger partial charge is 0.267 e. The molecule has 0 spiro atoms. The van der Waals surface area contributed by atoms with Crippen molar-refractivity contribution in [3.8, 4) is 11.5 Å². The number of thiocarbonyl (C=S) groups is 1. The van der Waals surface area contributed by atoms with Crippen LogP contribution >= 0.6 is 12.2 Å². The van der Waals surface area contributed by atoms with E-state index in [0.717, 1.165) is 0 Å². The molecule has 2 rings (SSSR count). The van der Waals surface area contributed by atoms with E-state index in [4.69, 9.17) is 27.4 Å². The van der Waals surface area contributed by atoms with Gasteiger partial charge in [0.25, 0.3) is 5.91 Å². The molecule has 96 valence electrons. The fraction of sp³-hybridized carbons (Fsp3) is 0.333. The van der Waals surface area contributed by atoms with Gasteiger partial charge < -0.3 is 20.1 Å². The lowest BCUT2D eigenvalue weighted by atomic mass is 10.2. The van der Waals surface area contributed by atoms with Gasteiger partial charge >= 0.3 is 0 Å². The second kappa shape index (κ2) is 5.22. The third kappa shape index (κ3) is 2.70. The molecule has 1 unspecified atom stereocenters. The van der Waals surface area contributed by atoms with Gasteiger partial charge in [0.1, 0.15) is 6.61 Å². The zero-order valence-corrected chi connectivity index (χ0v) is 10.8. The van der Waals surface area contributed by atoms with E-state index < -0.39 is 6.10 Å². The molecule has 1 amide bonds. The van der Waals surface area contributed by atoms with Gasteiger partial charge in [-0.05, 0) is 12.1 Å². The normalized spacial score (nSPS) is 17.1.